The number of rotatable bonds is 9. The highest BCUT2D eigenvalue weighted by molar-refractivity contribution is 6.33. The molecule has 1 aromatic heterocycles. The monoisotopic (exact) mass is 438 g/mol. The molecule has 0 fully saturated rings. The van der Waals surface area contributed by atoms with E-state index in [9.17, 15) is 4.79 Å². The van der Waals surface area contributed by atoms with Crippen molar-refractivity contribution in [3.63, 3.8) is 0 Å². The largest absolute Gasteiger partial charge is 0.355 e. The molecule has 3 rings (SSSR count). The number of nitrogens with one attached hydrogen (secondary N) is 1. The molecule has 0 unspecified atom stereocenters. The number of aromatic nitrogens is 2. The molecule has 0 aliphatic carbocycles. The van der Waals surface area contributed by atoms with Crippen LogP contribution in [0.15, 0.2) is 48.5 Å². The van der Waals surface area contributed by atoms with Crippen LogP contribution in [-0.4, -0.2) is 35.0 Å². The molecule has 0 spiro atoms. The van der Waals surface area contributed by atoms with Crippen LogP contribution in [0.5, 0.6) is 0 Å². The summed E-state index contributed by atoms with van der Waals surface area (Å²) in [6.07, 6.45) is 1.33. The summed E-state index contributed by atoms with van der Waals surface area (Å²) in [5.41, 5.74) is 1.66. The molecule has 2 aromatic carbocycles. The van der Waals surface area contributed by atoms with E-state index in [1.807, 2.05) is 55.5 Å². The maximum absolute atomic E-state index is 12.4. The summed E-state index contributed by atoms with van der Waals surface area (Å²) in [6, 6.07) is 15.8. The molecule has 0 saturated carbocycles. The number of hydrogen-bond acceptors (Lipinski definition) is 4. The van der Waals surface area contributed by atoms with Gasteiger partial charge in [0, 0.05) is 36.5 Å². The molecular formula is C25H31ClN4O. The van der Waals surface area contributed by atoms with Gasteiger partial charge in [-0.2, -0.15) is 0 Å². The van der Waals surface area contributed by atoms with Crippen LogP contribution in [0.4, 0.5) is 5.82 Å². The van der Waals surface area contributed by atoms with Gasteiger partial charge in [0.25, 0.3) is 0 Å². The maximum atomic E-state index is 12.4. The van der Waals surface area contributed by atoms with E-state index in [0.29, 0.717) is 29.7 Å². The number of nitrogens with zero attached hydrogens (tertiary/aromatic N) is 3. The van der Waals surface area contributed by atoms with E-state index >= 15 is 0 Å². The zero-order chi connectivity index (χ0) is 22.4. The number of benzene rings is 2. The number of carbonyl (C=O) groups excluding carboxylic acids is 1. The summed E-state index contributed by atoms with van der Waals surface area (Å²) in [5, 5.41) is 4.65. The van der Waals surface area contributed by atoms with Crippen LogP contribution in [0.3, 0.4) is 0 Å². The van der Waals surface area contributed by atoms with Crippen LogP contribution in [0.2, 0.25) is 5.02 Å². The second-order valence-electron chi connectivity index (χ2n) is 8.33. The van der Waals surface area contributed by atoms with Gasteiger partial charge in [0.05, 0.1) is 10.5 Å². The van der Waals surface area contributed by atoms with Gasteiger partial charge < -0.3 is 10.2 Å². The smallest absolute Gasteiger partial charge is 0.221 e. The van der Waals surface area contributed by atoms with Crippen LogP contribution < -0.4 is 10.2 Å². The molecule has 0 aliphatic heterocycles. The fraction of sp³-hybridized carbons (Fsp3) is 0.400. The lowest BCUT2D eigenvalue weighted by Gasteiger charge is -2.27. The Morgan fingerprint density at radius 1 is 1.06 bits per heavy atom. The van der Waals surface area contributed by atoms with Crippen molar-refractivity contribution in [3.05, 3.63) is 53.6 Å². The number of fused-ring (bicyclic) bond motifs is 1. The number of hydrogen-bond donors (Lipinski definition) is 1. The average Bonchev–Trinajstić information content (AvgIpc) is 2.76. The van der Waals surface area contributed by atoms with E-state index in [0.717, 1.165) is 35.2 Å². The third-order valence-electron chi connectivity index (χ3n) is 5.21. The Kier molecular flexibility index (Phi) is 7.85. The Bertz CT molecular complexity index is 1040. The third-order valence-corrected chi connectivity index (χ3v) is 5.54. The fourth-order valence-corrected chi connectivity index (χ4v) is 3.69. The molecule has 1 N–H and O–H groups in total. The van der Waals surface area contributed by atoms with Crippen molar-refractivity contribution >= 4 is 34.2 Å². The highest BCUT2D eigenvalue weighted by atomic mass is 35.5. The van der Waals surface area contributed by atoms with Crippen LogP contribution in [0.25, 0.3) is 22.3 Å². The van der Waals surface area contributed by atoms with Crippen molar-refractivity contribution < 1.29 is 4.79 Å². The first-order chi connectivity index (χ1) is 14.9. The predicted octanol–water partition coefficient (Wildman–Crippen LogP) is 5.72. The second kappa shape index (κ2) is 10.6. The van der Waals surface area contributed by atoms with Gasteiger partial charge in [-0.1, -0.05) is 56.6 Å². The van der Waals surface area contributed by atoms with E-state index < -0.39 is 0 Å². The summed E-state index contributed by atoms with van der Waals surface area (Å²) in [5.74, 6) is 1.91. The van der Waals surface area contributed by atoms with Crippen LogP contribution in [0.1, 0.15) is 40.5 Å². The lowest BCUT2D eigenvalue weighted by molar-refractivity contribution is -0.121. The minimum absolute atomic E-state index is 0.0628. The lowest BCUT2D eigenvalue weighted by Crippen LogP contribution is -2.36. The lowest BCUT2D eigenvalue weighted by atomic mass is 10.1. The van der Waals surface area contributed by atoms with Crippen molar-refractivity contribution in [2.75, 3.05) is 18.0 Å². The summed E-state index contributed by atoms with van der Waals surface area (Å²) in [7, 11) is 0. The predicted molar refractivity (Wildman–Crippen MR) is 130 cm³/mol. The van der Waals surface area contributed by atoms with Crippen LogP contribution >= 0.6 is 11.6 Å². The van der Waals surface area contributed by atoms with E-state index in [-0.39, 0.29) is 11.9 Å². The number of carbonyl (C=O) groups is 1. The van der Waals surface area contributed by atoms with Gasteiger partial charge in [-0.15, -0.1) is 0 Å². The zero-order valence-electron chi connectivity index (χ0n) is 18.7. The molecular weight excluding hydrogens is 408 g/mol. The molecule has 0 bridgehead atoms. The zero-order valence-corrected chi connectivity index (χ0v) is 19.5. The molecule has 1 heterocycles. The maximum Gasteiger partial charge on any atom is 0.221 e. The second-order valence-corrected chi connectivity index (χ2v) is 8.74. The molecule has 1 atom stereocenters. The van der Waals surface area contributed by atoms with Gasteiger partial charge in [0.15, 0.2) is 5.82 Å². The van der Waals surface area contributed by atoms with Gasteiger partial charge in [-0.3, -0.25) is 4.79 Å². The molecule has 0 aliphatic rings. The number of amides is 1. The highest BCUT2D eigenvalue weighted by Crippen LogP contribution is 2.31. The van der Waals surface area contributed by atoms with Gasteiger partial charge >= 0.3 is 0 Å². The summed E-state index contributed by atoms with van der Waals surface area (Å²) in [6.45, 7) is 9.81. The van der Waals surface area contributed by atoms with Gasteiger partial charge in [0.1, 0.15) is 5.82 Å². The highest BCUT2D eigenvalue weighted by Gasteiger charge is 2.19. The first-order valence-electron chi connectivity index (χ1n) is 10.9. The first kappa shape index (κ1) is 23.0. The van der Waals surface area contributed by atoms with Crippen LogP contribution in [0, 0.1) is 5.92 Å². The minimum Gasteiger partial charge on any atom is -0.355 e. The van der Waals surface area contributed by atoms with E-state index in [1.54, 1.807) is 0 Å². The standard InChI is InChI=1S/C25H31ClN4O/c1-5-18(4)27-23(31)14-15-30(16-17(2)3)25-20-11-7-9-13-22(20)28-24(29-25)19-10-6-8-12-21(19)26/h6-13,17-18H,5,14-16H2,1-4H3,(H,27,31)/t18-/m0/s1. The SMILES string of the molecule is CC[C@H](C)NC(=O)CCN(CC(C)C)c1nc(-c2ccccc2Cl)nc2ccccc12. The number of anilines is 1. The Hall–Kier alpha value is -2.66. The average molecular weight is 439 g/mol. The van der Waals surface area contributed by atoms with Crippen molar-refractivity contribution in [3.8, 4) is 11.4 Å². The Morgan fingerprint density at radius 3 is 2.48 bits per heavy atom. The Balaban J connectivity index is 2.01. The van der Waals surface area contributed by atoms with E-state index in [2.05, 4.69) is 31.0 Å². The normalized spacial score (nSPS) is 12.2. The van der Waals surface area contributed by atoms with Crippen molar-refractivity contribution in [1.29, 1.82) is 0 Å². The molecule has 0 saturated heterocycles. The molecule has 0 radical (unpaired) electrons. The summed E-state index contributed by atoms with van der Waals surface area (Å²) >= 11 is 6.44. The van der Waals surface area contributed by atoms with Gasteiger partial charge in [-0.05, 0) is 43.5 Å². The van der Waals surface area contributed by atoms with Gasteiger partial charge in [0.2, 0.25) is 5.91 Å². The summed E-state index contributed by atoms with van der Waals surface area (Å²) in [4.78, 5) is 24.4. The van der Waals surface area contributed by atoms with Crippen molar-refractivity contribution in [2.45, 2.75) is 46.6 Å². The molecule has 1 amide bonds. The molecule has 5 nitrogen and oxygen atoms in total. The molecule has 164 valence electrons. The van der Waals surface area contributed by atoms with Crippen LogP contribution in [-0.2, 0) is 4.79 Å². The quantitative estimate of drug-likeness (QED) is 0.464. The third kappa shape index (κ3) is 5.95. The topological polar surface area (TPSA) is 58.1 Å². The first-order valence-corrected chi connectivity index (χ1v) is 11.3. The fourth-order valence-electron chi connectivity index (χ4n) is 3.47. The molecule has 6 heteroatoms. The summed E-state index contributed by atoms with van der Waals surface area (Å²) < 4.78 is 0. The van der Waals surface area contributed by atoms with Crippen molar-refractivity contribution in [1.82, 2.24) is 15.3 Å². The number of halogens is 1. The van der Waals surface area contributed by atoms with Crippen molar-refractivity contribution in [2.24, 2.45) is 5.92 Å². The van der Waals surface area contributed by atoms with E-state index in [1.165, 1.54) is 0 Å². The molecule has 31 heavy (non-hydrogen) atoms. The molecule has 3 aromatic rings. The Morgan fingerprint density at radius 2 is 1.77 bits per heavy atom. The minimum atomic E-state index is 0.0628. The number of para-hydroxylation sites is 1. The van der Waals surface area contributed by atoms with Gasteiger partial charge in [-0.25, -0.2) is 9.97 Å². The Labute approximate surface area is 189 Å². The van der Waals surface area contributed by atoms with E-state index in [4.69, 9.17) is 21.6 Å².